The van der Waals surface area contributed by atoms with Crippen molar-refractivity contribution < 1.29 is 22.0 Å². The van der Waals surface area contributed by atoms with Gasteiger partial charge in [-0.3, -0.25) is 4.90 Å². The molecule has 3 nitrogen and oxygen atoms in total. The Morgan fingerprint density at radius 2 is 1.87 bits per heavy atom. The standard InChI is InChI=1S/C16H16F4N2O/c17-11-3-4-12(13(10-11)16(18,19)20)15(14-2-1-9-23-14)22-7-5-21-6-8-22/h1-4,9-10,15,21H,5-8H2/t15-/m0/s1. The smallest absolute Gasteiger partial charge is 0.416 e. The summed E-state index contributed by atoms with van der Waals surface area (Å²) in [6.07, 6.45) is -3.20. The summed E-state index contributed by atoms with van der Waals surface area (Å²) in [6.45, 7) is 2.53. The summed E-state index contributed by atoms with van der Waals surface area (Å²) < 4.78 is 58.9. The zero-order valence-corrected chi connectivity index (χ0v) is 12.2. The van der Waals surface area contributed by atoms with Crippen LogP contribution in [0.5, 0.6) is 0 Å². The van der Waals surface area contributed by atoms with Gasteiger partial charge in [0.15, 0.2) is 0 Å². The molecule has 0 aliphatic carbocycles. The largest absolute Gasteiger partial charge is 0.467 e. The Morgan fingerprint density at radius 1 is 1.13 bits per heavy atom. The summed E-state index contributed by atoms with van der Waals surface area (Å²) in [7, 11) is 0. The maximum Gasteiger partial charge on any atom is 0.416 e. The topological polar surface area (TPSA) is 28.4 Å². The molecule has 2 heterocycles. The minimum Gasteiger partial charge on any atom is -0.467 e. The highest BCUT2D eigenvalue weighted by molar-refractivity contribution is 5.37. The molecule has 23 heavy (non-hydrogen) atoms. The second-order valence-corrected chi connectivity index (χ2v) is 5.43. The molecule has 124 valence electrons. The minimum atomic E-state index is -4.63. The molecular formula is C16H16F4N2O. The Labute approximate surface area is 130 Å². The van der Waals surface area contributed by atoms with Crippen LogP contribution in [0.2, 0.25) is 0 Å². The maximum absolute atomic E-state index is 13.4. The van der Waals surface area contributed by atoms with Crippen molar-refractivity contribution in [2.24, 2.45) is 0 Å². The van der Waals surface area contributed by atoms with E-state index in [0.29, 0.717) is 38.0 Å². The van der Waals surface area contributed by atoms with Crippen molar-refractivity contribution in [1.82, 2.24) is 10.2 Å². The molecule has 1 aromatic heterocycles. The fourth-order valence-corrected chi connectivity index (χ4v) is 2.93. The zero-order chi connectivity index (χ0) is 16.4. The number of halogens is 4. The van der Waals surface area contributed by atoms with Crippen LogP contribution in [0.25, 0.3) is 0 Å². The van der Waals surface area contributed by atoms with Gasteiger partial charge < -0.3 is 9.73 Å². The van der Waals surface area contributed by atoms with Crippen LogP contribution in [-0.4, -0.2) is 31.1 Å². The lowest BCUT2D eigenvalue weighted by atomic mass is 9.96. The van der Waals surface area contributed by atoms with E-state index < -0.39 is 23.6 Å². The maximum atomic E-state index is 13.4. The van der Waals surface area contributed by atoms with E-state index in [-0.39, 0.29) is 5.56 Å². The molecule has 1 aliphatic heterocycles. The van der Waals surface area contributed by atoms with Crippen molar-refractivity contribution in [3.63, 3.8) is 0 Å². The van der Waals surface area contributed by atoms with Crippen molar-refractivity contribution in [2.75, 3.05) is 26.2 Å². The first-order valence-corrected chi connectivity index (χ1v) is 7.31. The van der Waals surface area contributed by atoms with Gasteiger partial charge in [0.05, 0.1) is 17.9 Å². The van der Waals surface area contributed by atoms with Crippen LogP contribution in [-0.2, 0) is 6.18 Å². The Hall–Kier alpha value is -1.86. The molecule has 1 fully saturated rings. The van der Waals surface area contributed by atoms with Gasteiger partial charge in [-0.05, 0) is 29.8 Å². The second-order valence-electron chi connectivity index (χ2n) is 5.43. The van der Waals surface area contributed by atoms with Gasteiger partial charge in [0, 0.05) is 26.2 Å². The summed E-state index contributed by atoms with van der Waals surface area (Å²) in [6, 6.07) is 5.41. The summed E-state index contributed by atoms with van der Waals surface area (Å²) in [5.74, 6) is -0.483. The number of nitrogens with zero attached hydrogens (tertiary/aromatic N) is 1. The number of benzene rings is 1. The predicted octanol–water partition coefficient (Wildman–Crippen LogP) is 3.43. The van der Waals surface area contributed by atoms with Crippen LogP contribution in [0.15, 0.2) is 41.0 Å². The van der Waals surface area contributed by atoms with Gasteiger partial charge in [-0.2, -0.15) is 13.2 Å². The highest BCUT2D eigenvalue weighted by Gasteiger charge is 2.38. The molecule has 0 saturated carbocycles. The molecule has 1 aromatic carbocycles. The number of rotatable bonds is 3. The first-order valence-electron chi connectivity index (χ1n) is 7.31. The van der Waals surface area contributed by atoms with E-state index in [4.69, 9.17) is 4.42 Å². The SMILES string of the molecule is Fc1ccc([C@@H](c2ccco2)N2CCNCC2)c(C(F)(F)F)c1. The van der Waals surface area contributed by atoms with Gasteiger partial charge in [0.2, 0.25) is 0 Å². The van der Waals surface area contributed by atoms with Gasteiger partial charge in [0.1, 0.15) is 11.6 Å². The van der Waals surface area contributed by atoms with Crippen molar-refractivity contribution >= 4 is 0 Å². The minimum absolute atomic E-state index is 0.00995. The molecule has 7 heteroatoms. The van der Waals surface area contributed by atoms with Gasteiger partial charge in [0.25, 0.3) is 0 Å². The molecule has 0 radical (unpaired) electrons. The first kappa shape index (κ1) is 16.0. The average Bonchev–Trinajstić information content (AvgIpc) is 3.03. The zero-order valence-electron chi connectivity index (χ0n) is 12.2. The van der Waals surface area contributed by atoms with Crippen molar-refractivity contribution in [2.45, 2.75) is 12.2 Å². The molecule has 1 saturated heterocycles. The van der Waals surface area contributed by atoms with E-state index in [1.54, 1.807) is 12.1 Å². The average molecular weight is 328 g/mol. The van der Waals surface area contributed by atoms with Gasteiger partial charge in [-0.1, -0.05) is 6.07 Å². The molecule has 0 bridgehead atoms. The van der Waals surface area contributed by atoms with Crippen LogP contribution in [0, 0.1) is 5.82 Å². The van der Waals surface area contributed by atoms with E-state index in [1.165, 1.54) is 12.3 Å². The predicted molar refractivity (Wildman–Crippen MR) is 76.4 cm³/mol. The summed E-state index contributed by atoms with van der Waals surface area (Å²) in [5, 5.41) is 3.17. The Kier molecular flexibility index (Phi) is 4.41. The molecule has 1 atom stereocenters. The molecule has 1 N–H and O–H groups in total. The highest BCUT2D eigenvalue weighted by atomic mass is 19.4. The molecule has 3 rings (SSSR count). The molecule has 2 aromatic rings. The third kappa shape index (κ3) is 3.40. The Balaban J connectivity index is 2.10. The fourth-order valence-electron chi connectivity index (χ4n) is 2.93. The monoisotopic (exact) mass is 328 g/mol. The number of nitrogens with one attached hydrogen (secondary N) is 1. The van der Waals surface area contributed by atoms with Gasteiger partial charge in [-0.25, -0.2) is 4.39 Å². The van der Waals surface area contributed by atoms with Gasteiger partial charge >= 0.3 is 6.18 Å². The number of alkyl halides is 3. The van der Waals surface area contributed by atoms with E-state index in [1.807, 2.05) is 4.90 Å². The third-order valence-electron chi connectivity index (χ3n) is 3.94. The van der Waals surface area contributed by atoms with Crippen LogP contribution in [0.4, 0.5) is 17.6 Å². The third-order valence-corrected chi connectivity index (χ3v) is 3.94. The van der Waals surface area contributed by atoms with Crippen LogP contribution in [0.1, 0.15) is 22.9 Å². The lowest BCUT2D eigenvalue weighted by molar-refractivity contribution is -0.138. The first-order chi connectivity index (χ1) is 11.0. The molecule has 0 unspecified atom stereocenters. The molecule has 0 amide bonds. The number of hydrogen-bond acceptors (Lipinski definition) is 3. The number of hydrogen-bond donors (Lipinski definition) is 1. The second kappa shape index (κ2) is 6.33. The van der Waals surface area contributed by atoms with Crippen molar-refractivity contribution in [3.8, 4) is 0 Å². The van der Waals surface area contributed by atoms with E-state index in [2.05, 4.69) is 5.32 Å². The lowest BCUT2D eigenvalue weighted by Gasteiger charge is -2.35. The fraction of sp³-hybridized carbons (Fsp3) is 0.375. The number of piperazine rings is 1. The summed E-state index contributed by atoms with van der Waals surface area (Å²) >= 11 is 0. The van der Waals surface area contributed by atoms with E-state index in [9.17, 15) is 17.6 Å². The summed E-state index contributed by atoms with van der Waals surface area (Å²) in [4.78, 5) is 1.91. The van der Waals surface area contributed by atoms with Crippen molar-refractivity contribution in [1.29, 1.82) is 0 Å². The van der Waals surface area contributed by atoms with Gasteiger partial charge in [-0.15, -0.1) is 0 Å². The molecule has 1 aliphatic rings. The van der Waals surface area contributed by atoms with Crippen LogP contribution in [0.3, 0.4) is 0 Å². The van der Waals surface area contributed by atoms with E-state index in [0.717, 1.165) is 6.07 Å². The van der Waals surface area contributed by atoms with Crippen molar-refractivity contribution in [3.05, 3.63) is 59.3 Å². The molecular weight excluding hydrogens is 312 g/mol. The molecule has 0 spiro atoms. The Bertz CT molecular complexity index is 649. The summed E-state index contributed by atoms with van der Waals surface area (Å²) in [5.41, 5.74) is -0.951. The number of furan rings is 1. The van der Waals surface area contributed by atoms with Crippen LogP contribution < -0.4 is 5.32 Å². The van der Waals surface area contributed by atoms with E-state index >= 15 is 0 Å². The quantitative estimate of drug-likeness (QED) is 0.875. The Morgan fingerprint density at radius 3 is 2.48 bits per heavy atom. The normalized spacial score (nSPS) is 18.1. The highest BCUT2D eigenvalue weighted by Crippen LogP contribution is 2.39. The van der Waals surface area contributed by atoms with Crippen LogP contribution >= 0.6 is 0 Å². The lowest BCUT2D eigenvalue weighted by Crippen LogP contribution is -2.45.